The molecule has 5 nitrogen and oxygen atoms in total. The largest absolute Gasteiger partial charge is 0.381 e. The van der Waals surface area contributed by atoms with Crippen molar-refractivity contribution in [3.63, 3.8) is 0 Å². The molecule has 6 heteroatoms. The zero-order chi connectivity index (χ0) is 19.5. The van der Waals surface area contributed by atoms with Crippen LogP contribution in [0.1, 0.15) is 51.8 Å². The van der Waals surface area contributed by atoms with Crippen LogP contribution in [0.25, 0.3) is 0 Å². The van der Waals surface area contributed by atoms with Crippen LogP contribution < -0.4 is 0 Å². The van der Waals surface area contributed by atoms with Crippen molar-refractivity contribution >= 4 is 17.2 Å². The van der Waals surface area contributed by atoms with Gasteiger partial charge in [0.2, 0.25) is 0 Å². The van der Waals surface area contributed by atoms with Crippen molar-refractivity contribution in [3.05, 3.63) is 51.0 Å². The molecule has 4 heterocycles. The lowest BCUT2D eigenvalue weighted by Gasteiger charge is -2.32. The highest BCUT2D eigenvalue weighted by Gasteiger charge is 2.28. The molecule has 2 aliphatic heterocycles. The molecular formula is C22H29N3O2S. The smallest absolute Gasteiger partial charge is 0.254 e. The fourth-order valence-electron chi connectivity index (χ4n) is 4.15. The summed E-state index contributed by atoms with van der Waals surface area (Å²) in [6.45, 7) is 6.51. The Labute approximate surface area is 171 Å². The van der Waals surface area contributed by atoms with Crippen LogP contribution in [0.15, 0.2) is 23.7 Å². The van der Waals surface area contributed by atoms with E-state index >= 15 is 0 Å². The number of carbonyl (C=O) groups is 1. The molecule has 2 aromatic rings. The number of ether oxygens (including phenoxy) is 1. The number of fused-ring (bicyclic) bond motifs is 1. The van der Waals surface area contributed by atoms with Gasteiger partial charge in [-0.25, -0.2) is 0 Å². The first-order chi connectivity index (χ1) is 13.7. The van der Waals surface area contributed by atoms with E-state index in [0.717, 1.165) is 69.7 Å². The molecule has 4 rings (SSSR count). The molecule has 0 N–H and O–H groups in total. The minimum absolute atomic E-state index is 0.206. The molecule has 2 aliphatic rings. The van der Waals surface area contributed by atoms with Crippen LogP contribution in [0, 0.1) is 0 Å². The summed E-state index contributed by atoms with van der Waals surface area (Å²) in [7, 11) is 1.76. The Morgan fingerprint density at radius 2 is 2.11 bits per heavy atom. The zero-order valence-electron chi connectivity index (χ0n) is 16.8. The van der Waals surface area contributed by atoms with Crippen LogP contribution in [0.4, 0.5) is 0 Å². The van der Waals surface area contributed by atoms with Gasteiger partial charge in [0.1, 0.15) is 0 Å². The molecule has 28 heavy (non-hydrogen) atoms. The Bertz CT molecular complexity index is 810. The van der Waals surface area contributed by atoms with Gasteiger partial charge in [-0.3, -0.25) is 14.7 Å². The van der Waals surface area contributed by atoms with E-state index in [1.165, 1.54) is 16.0 Å². The first kappa shape index (κ1) is 19.6. The van der Waals surface area contributed by atoms with Crippen molar-refractivity contribution in [1.29, 1.82) is 0 Å². The molecule has 0 saturated carbocycles. The summed E-state index contributed by atoms with van der Waals surface area (Å²) in [5, 5.41) is 2.08. The lowest BCUT2D eigenvalue weighted by atomic mass is 10.0. The summed E-state index contributed by atoms with van der Waals surface area (Å²) in [5.41, 5.74) is 4.60. The molecule has 1 fully saturated rings. The Morgan fingerprint density at radius 1 is 1.29 bits per heavy atom. The van der Waals surface area contributed by atoms with Crippen molar-refractivity contribution in [3.8, 4) is 0 Å². The Balaban J connectivity index is 1.39. The highest BCUT2D eigenvalue weighted by atomic mass is 32.1. The zero-order valence-corrected chi connectivity index (χ0v) is 17.6. The summed E-state index contributed by atoms with van der Waals surface area (Å²) < 4.78 is 5.43. The number of carbonyl (C=O) groups excluding carboxylic acids is 1. The lowest BCUT2D eigenvalue weighted by Crippen LogP contribution is -2.41. The lowest BCUT2D eigenvalue weighted by molar-refractivity contribution is 0.0350. The van der Waals surface area contributed by atoms with Crippen LogP contribution in [0.5, 0.6) is 0 Å². The predicted molar refractivity (Wildman–Crippen MR) is 112 cm³/mol. The number of likely N-dealkylation sites (tertiary alicyclic amines) is 1. The SMILES string of the molecule is CCc1ccc(CN2CCc3c(C(=O)N4CCC(OC)CC4)csc3C2)nc1. The van der Waals surface area contributed by atoms with Crippen LogP contribution in [0.2, 0.25) is 0 Å². The molecule has 1 amide bonds. The minimum Gasteiger partial charge on any atom is -0.381 e. The van der Waals surface area contributed by atoms with E-state index < -0.39 is 0 Å². The van der Waals surface area contributed by atoms with Gasteiger partial charge in [-0.2, -0.15) is 0 Å². The van der Waals surface area contributed by atoms with Crippen LogP contribution in [0.3, 0.4) is 0 Å². The topological polar surface area (TPSA) is 45.7 Å². The first-order valence-electron chi connectivity index (χ1n) is 10.3. The highest BCUT2D eigenvalue weighted by Crippen LogP contribution is 2.31. The molecule has 0 aromatic carbocycles. The number of hydrogen-bond acceptors (Lipinski definition) is 5. The number of pyridine rings is 1. The van der Waals surface area contributed by atoms with Crippen molar-refractivity contribution in [2.75, 3.05) is 26.7 Å². The van der Waals surface area contributed by atoms with E-state index in [9.17, 15) is 4.79 Å². The molecular weight excluding hydrogens is 370 g/mol. The van der Waals surface area contributed by atoms with Crippen LogP contribution >= 0.6 is 11.3 Å². The maximum Gasteiger partial charge on any atom is 0.254 e. The van der Waals surface area contributed by atoms with Gasteiger partial charge >= 0.3 is 0 Å². The van der Waals surface area contributed by atoms with Crippen LogP contribution in [-0.4, -0.2) is 53.5 Å². The van der Waals surface area contributed by atoms with Crippen molar-refractivity contribution in [2.24, 2.45) is 0 Å². The number of thiophene rings is 1. The van der Waals surface area contributed by atoms with Gasteiger partial charge in [-0.05, 0) is 42.9 Å². The molecule has 0 atom stereocenters. The van der Waals surface area contributed by atoms with Gasteiger partial charge in [0.05, 0.1) is 17.4 Å². The van der Waals surface area contributed by atoms with E-state index in [-0.39, 0.29) is 5.91 Å². The number of nitrogens with zero attached hydrogens (tertiary/aromatic N) is 3. The fraction of sp³-hybridized carbons (Fsp3) is 0.545. The van der Waals surface area contributed by atoms with E-state index in [4.69, 9.17) is 4.74 Å². The third kappa shape index (κ3) is 4.14. The van der Waals surface area contributed by atoms with Gasteiger partial charge in [0.15, 0.2) is 0 Å². The predicted octanol–water partition coefficient (Wildman–Crippen LogP) is 3.51. The molecule has 0 radical (unpaired) electrons. The van der Waals surface area contributed by atoms with E-state index in [0.29, 0.717) is 6.10 Å². The third-order valence-corrected chi connectivity index (χ3v) is 7.01. The summed E-state index contributed by atoms with van der Waals surface area (Å²) in [5.74, 6) is 0.206. The standard InChI is InChI=1S/C22H29N3O2S/c1-3-16-4-5-17(23-12-16)13-24-9-8-19-20(15-28-21(19)14-24)22(26)25-10-6-18(27-2)7-11-25/h4-5,12,15,18H,3,6-11,13-14H2,1-2H3. The Hall–Kier alpha value is -1.76. The average molecular weight is 400 g/mol. The van der Waals surface area contributed by atoms with E-state index in [2.05, 4.69) is 34.3 Å². The fourth-order valence-corrected chi connectivity index (χ4v) is 5.26. The van der Waals surface area contributed by atoms with Gasteiger partial charge in [-0.15, -0.1) is 11.3 Å². The number of amides is 1. The van der Waals surface area contributed by atoms with Crippen molar-refractivity contribution < 1.29 is 9.53 Å². The number of methoxy groups -OCH3 is 1. The number of piperidine rings is 1. The normalized spacial score (nSPS) is 18.3. The highest BCUT2D eigenvalue weighted by molar-refractivity contribution is 7.10. The first-order valence-corrected chi connectivity index (χ1v) is 11.1. The number of aryl methyl sites for hydroxylation is 1. The van der Waals surface area contributed by atoms with Crippen molar-refractivity contribution in [2.45, 2.75) is 51.8 Å². The second-order valence-corrected chi connectivity index (χ2v) is 8.71. The average Bonchev–Trinajstić information content (AvgIpc) is 3.17. The minimum atomic E-state index is 0.206. The molecule has 2 aromatic heterocycles. The second kappa shape index (κ2) is 8.72. The molecule has 1 saturated heterocycles. The molecule has 0 aliphatic carbocycles. The summed E-state index contributed by atoms with van der Waals surface area (Å²) >= 11 is 1.74. The van der Waals surface area contributed by atoms with Crippen molar-refractivity contribution in [1.82, 2.24) is 14.8 Å². The maximum absolute atomic E-state index is 13.0. The second-order valence-electron chi connectivity index (χ2n) is 7.75. The number of hydrogen-bond donors (Lipinski definition) is 0. The van der Waals surface area contributed by atoms with E-state index in [1.54, 1.807) is 18.4 Å². The number of aromatic nitrogens is 1. The summed E-state index contributed by atoms with van der Waals surface area (Å²) in [6, 6.07) is 4.31. The van der Waals surface area contributed by atoms with Gasteiger partial charge in [0, 0.05) is 56.3 Å². The third-order valence-electron chi connectivity index (χ3n) is 6.00. The summed E-state index contributed by atoms with van der Waals surface area (Å²) in [4.78, 5) is 23.4. The summed E-state index contributed by atoms with van der Waals surface area (Å²) in [6.07, 6.45) is 6.13. The monoisotopic (exact) mass is 399 g/mol. The molecule has 150 valence electrons. The van der Waals surface area contributed by atoms with Gasteiger partial charge in [0.25, 0.3) is 5.91 Å². The van der Waals surface area contributed by atoms with E-state index in [1.807, 2.05) is 11.1 Å². The van der Waals surface area contributed by atoms with Crippen LogP contribution in [-0.2, 0) is 30.7 Å². The van der Waals surface area contributed by atoms with Gasteiger partial charge < -0.3 is 9.64 Å². The van der Waals surface area contributed by atoms with Gasteiger partial charge in [-0.1, -0.05) is 13.0 Å². The molecule has 0 spiro atoms. The maximum atomic E-state index is 13.0. The Morgan fingerprint density at radius 3 is 2.79 bits per heavy atom. The quantitative estimate of drug-likeness (QED) is 0.772. The molecule has 0 bridgehead atoms. The number of rotatable bonds is 5. The molecule has 0 unspecified atom stereocenters. The Kier molecular flexibility index (Phi) is 6.09.